The molecule has 2 aromatic rings. The van der Waals surface area contributed by atoms with Crippen LogP contribution in [-0.4, -0.2) is 62.4 Å². The number of hydrogen-bond donors (Lipinski definition) is 2. The molecule has 0 spiro atoms. The lowest BCUT2D eigenvalue weighted by Crippen LogP contribution is -2.51. The molecule has 43 heavy (non-hydrogen) atoms. The van der Waals surface area contributed by atoms with Crippen molar-refractivity contribution in [3.05, 3.63) is 53.8 Å². The first-order chi connectivity index (χ1) is 19.8. The molecule has 240 valence electrons. The molecule has 0 fully saturated rings. The minimum absolute atomic E-state index is 0.0949. The van der Waals surface area contributed by atoms with E-state index in [4.69, 9.17) is 4.74 Å². The van der Waals surface area contributed by atoms with E-state index in [9.17, 15) is 44.3 Å². The number of benzene rings is 2. The predicted molar refractivity (Wildman–Crippen MR) is 140 cm³/mol. The molecule has 0 radical (unpaired) electrons. The Kier molecular flexibility index (Phi) is 12.1. The number of nitrogens with one attached hydrogen (secondary N) is 2. The number of alkyl halides is 5. The first-order valence-corrected chi connectivity index (χ1v) is 14.1. The Morgan fingerprint density at radius 3 is 2.14 bits per heavy atom. The van der Waals surface area contributed by atoms with E-state index in [1.54, 1.807) is 20.8 Å². The molecule has 2 aromatic carbocycles. The van der Waals surface area contributed by atoms with Gasteiger partial charge in [0.25, 0.3) is 0 Å². The zero-order chi connectivity index (χ0) is 32.6. The Balaban J connectivity index is 2.30. The minimum atomic E-state index is -5.01. The lowest BCUT2D eigenvalue weighted by molar-refractivity contribution is -0.274. The molecule has 2 amide bonds. The fraction of sp³-hybridized carbons (Fsp3) is 0.462. The number of amides is 2. The van der Waals surface area contributed by atoms with Gasteiger partial charge >= 0.3 is 19.1 Å². The summed E-state index contributed by atoms with van der Waals surface area (Å²) in [5.74, 6) is -3.34. The Hall–Kier alpha value is -3.73. The van der Waals surface area contributed by atoms with Crippen LogP contribution in [0.3, 0.4) is 0 Å². The third kappa shape index (κ3) is 11.5. The van der Waals surface area contributed by atoms with E-state index in [2.05, 4.69) is 20.1 Å². The maximum Gasteiger partial charge on any atom is 0.573 e. The standard InChI is InChI=1S/C26H31F6N3O7S/c1-5-20(22(36)34-15-16-6-11-21(19(27)14-16)40-23(28)29)35(13-12-33-24(37)42-25(2,3)4)43(38,39)18-9-7-17(8-10-18)41-26(30,31)32/h6-11,14,20,23H,5,12-13,15H2,1-4H3,(H,33,37)(H,34,36)/t20-/m1/s1. The van der Waals surface area contributed by atoms with Crippen molar-refractivity contribution in [3.8, 4) is 11.5 Å². The van der Waals surface area contributed by atoms with E-state index >= 15 is 0 Å². The molecular weight excluding hydrogens is 612 g/mol. The van der Waals surface area contributed by atoms with Gasteiger partial charge in [0.15, 0.2) is 11.6 Å². The van der Waals surface area contributed by atoms with Crippen LogP contribution in [0, 0.1) is 5.82 Å². The zero-order valence-electron chi connectivity index (χ0n) is 23.5. The molecule has 0 bridgehead atoms. The summed E-state index contributed by atoms with van der Waals surface area (Å²) in [4.78, 5) is 24.8. The Morgan fingerprint density at radius 2 is 1.63 bits per heavy atom. The Morgan fingerprint density at radius 1 is 1.00 bits per heavy atom. The molecule has 0 saturated heterocycles. The summed E-state index contributed by atoms with van der Waals surface area (Å²) in [5, 5.41) is 4.83. The number of rotatable bonds is 13. The van der Waals surface area contributed by atoms with Crippen LogP contribution in [0.15, 0.2) is 47.4 Å². The van der Waals surface area contributed by atoms with E-state index < -0.39 is 75.4 Å². The lowest BCUT2D eigenvalue weighted by Gasteiger charge is -2.30. The molecule has 10 nitrogen and oxygen atoms in total. The second kappa shape index (κ2) is 14.6. The fourth-order valence-corrected chi connectivity index (χ4v) is 5.31. The summed E-state index contributed by atoms with van der Waals surface area (Å²) in [7, 11) is -4.56. The SMILES string of the molecule is CC[C@H](C(=O)NCc1ccc(OC(F)F)c(F)c1)N(CCNC(=O)OC(C)(C)C)S(=O)(=O)c1ccc(OC(F)(F)F)cc1. The van der Waals surface area contributed by atoms with Crippen molar-refractivity contribution in [3.63, 3.8) is 0 Å². The summed E-state index contributed by atoms with van der Waals surface area (Å²) in [6, 6.07) is 4.90. The number of hydrogen-bond acceptors (Lipinski definition) is 7. The largest absolute Gasteiger partial charge is 0.573 e. The van der Waals surface area contributed by atoms with Crippen molar-refractivity contribution < 1.29 is 58.6 Å². The third-order valence-corrected chi connectivity index (χ3v) is 7.30. The highest BCUT2D eigenvalue weighted by molar-refractivity contribution is 7.89. The molecule has 0 heterocycles. The van der Waals surface area contributed by atoms with Gasteiger partial charge in [-0.2, -0.15) is 13.1 Å². The second-order valence-electron chi connectivity index (χ2n) is 9.85. The first-order valence-electron chi connectivity index (χ1n) is 12.7. The molecular formula is C26H31F6N3O7S. The summed E-state index contributed by atoms with van der Waals surface area (Å²) in [5.41, 5.74) is -0.714. The average Bonchev–Trinajstić information content (AvgIpc) is 2.86. The quantitative estimate of drug-likeness (QED) is 0.297. The van der Waals surface area contributed by atoms with E-state index in [-0.39, 0.29) is 25.1 Å². The van der Waals surface area contributed by atoms with Gasteiger partial charge in [0, 0.05) is 19.6 Å². The molecule has 17 heteroatoms. The number of sulfonamides is 1. The number of nitrogens with zero attached hydrogens (tertiary/aromatic N) is 1. The number of carbonyl (C=O) groups is 2. The molecule has 0 aliphatic heterocycles. The summed E-state index contributed by atoms with van der Waals surface area (Å²) < 4.78 is 117. The van der Waals surface area contributed by atoms with Crippen LogP contribution in [0.25, 0.3) is 0 Å². The van der Waals surface area contributed by atoms with E-state index in [0.29, 0.717) is 0 Å². The highest BCUT2D eigenvalue weighted by Gasteiger charge is 2.36. The lowest BCUT2D eigenvalue weighted by atomic mass is 10.1. The number of halogens is 6. The Bertz CT molecular complexity index is 1350. The van der Waals surface area contributed by atoms with E-state index in [1.807, 2.05) is 0 Å². The van der Waals surface area contributed by atoms with E-state index in [0.717, 1.165) is 40.7 Å². The summed E-state index contributed by atoms with van der Waals surface area (Å²) in [6.07, 6.45) is -5.97. The highest BCUT2D eigenvalue weighted by Crippen LogP contribution is 2.26. The maximum absolute atomic E-state index is 14.1. The third-order valence-electron chi connectivity index (χ3n) is 5.38. The molecule has 0 aliphatic rings. The van der Waals surface area contributed by atoms with Crippen molar-refractivity contribution >= 4 is 22.0 Å². The van der Waals surface area contributed by atoms with Gasteiger partial charge in [-0.1, -0.05) is 13.0 Å². The average molecular weight is 644 g/mol. The van der Waals surface area contributed by atoms with Crippen LogP contribution in [0.5, 0.6) is 11.5 Å². The topological polar surface area (TPSA) is 123 Å². The van der Waals surface area contributed by atoms with Gasteiger partial charge in [0.2, 0.25) is 15.9 Å². The van der Waals surface area contributed by atoms with Gasteiger partial charge in [-0.25, -0.2) is 17.6 Å². The summed E-state index contributed by atoms with van der Waals surface area (Å²) >= 11 is 0. The number of ether oxygens (including phenoxy) is 3. The van der Waals surface area contributed by atoms with Crippen molar-refractivity contribution in [1.29, 1.82) is 0 Å². The van der Waals surface area contributed by atoms with Gasteiger partial charge in [-0.05, 0) is 69.2 Å². The van der Waals surface area contributed by atoms with Crippen LogP contribution in [0.2, 0.25) is 0 Å². The molecule has 0 aromatic heterocycles. The van der Waals surface area contributed by atoms with Crippen LogP contribution in [0.1, 0.15) is 39.7 Å². The highest BCUT2D eigenvalue weighted by atomic mass is 32.2. The van der Waals surface area contributed by atoms with Crippen LogP contribution in [0.4, 0.5) is 31.1 Å². The van der Waals surface area contributed by atoms with Crippen LogP contribution < -0.4 is 20.1 Å². The van der Waals surface area contributed by atoms with Crippen molar-refractivity contribution in [1.82, 2.24) is 14.9 Å². The van der Waals surface area contributed by atoms with Gasteiger partial charge in [0.1, 0.15) is 17.4 Å². The van der Waals surface area contributed by atoms with Crippen molar-refractivity contribution in [2.24, 2.45) is 0 Å². The number of carbonyl (C=O) groups excluding carboxylic acids is 2. The monoisotopic (exact) mass is 643 g/mol. The van der Waals surface area contributed by atoms with Crippen LogP contribution in [-0.2, 0) is 26.1 Å². The fourth-order valence-electron chi connectivity index (χ4n) is 3.65. The van der Waals surface area contributed by atoms with E-state index in [1.165, 1.54) is 13.0 Å². The molecule has 2 N–H and O–H groups in total. The molecule has 0 unspecified atom stereocenters. The zero-order valence-corrected chi connectivity index (χ0v) is 24.3. The summed E-state index contributed by atoms with van der Waals surface area (Å²) in [6.45, 7) is 1.97. The van der Waals surface area contributed by atoms with Gasteiger partial charge in [-0.3, -0.25) is 4.79 Å². The van der Waals surface area contributed by atoms with Gasteiger partial charge < -0.3 is 24.8 Å². The predicted octanol–water partition coefficient (Wildman–Crippen LogP) is 4.94. The van der Waals surface area contributed by atoms with Crippen LogP contribution >= 0.6 is 0 Å². The van der Waals surface area contributed by atoms with Gasteiger partial charge in [-0.15, -0.1) is 13.2 Å². The normalized spacial score (nSPS) is 13.0. The number of alkyl carbamates (subject to hydrolysis) is 1. The molecule has 1 atom stereocenters. The maximum atomic E-state index is 14.1. The molecule has 0 aliphatic carbocycles. The smallest absolute Gasteiger partial charge is 0.444 e. The van der Waals surface area contributed by atoms with Crippen molar-refractivity contribution in [2.75, 3.05) is 13.1 Å². The molecule has 0 saturated carbocycles. The second-order valence-corrected chi connectivity index (χ2v) is 11.7. The van der Waals surface area contributed by atoms with Crippen molar-refractivity contribution in [2.45, 2.75) is 70.2 Å². The van der Waals surface area contributed by atoms with Gasteiger partial charge in [0.05, 0.1) is 4.90 Å². The first kappa shape index (κ1) is 35.5. The Labute approximate surface area is 244 Å². The molecule has 2 rings (SSSR count). The minimum Gasteiger partial charge on any atom is -0.444 e.